The van der Waals surface area contributed by atoms with Gasteiger partial charge < -0.3 is 28.5 Å². The fourth-order valence-electron chi connectivity index (χ4n) is 6.53. The van der Waals surface area contributed by atoms with E-state index in [4.69, 9.17) is 35.0 Å². The molecule has 2 aromatic heterocycles. The van der Waals surface area contributed by atoms with E-state index in [0.717, 1.165) is 43.5 Å². The highest BCUT2D eigenvalue weighted by molar-refractivity contribution is 7.15. The lowest BCUT2D eigenvalue weighted by Gasteiger charge is -2.49. The molecular formula is C43H42ClNO6S. The standard InChI is InChI=1S/C43H42ClNO6S/c1-43(2,46)42-41(50-28-31-17-10-5-11-18-31)40(49-27-30-15-8-4-9-16-30)39(48-26-29-13-6-3-7-14-29)38(51-42)32-20-21-34(44)33(23-32)24-37-45-25-36(52-37)35-19-12-22-47-35/h3-23,25,38-42,46H,24,26-28H2,1-2H3/t38-,39-,40-,41+,42-/m0/s1. The van der Waals surface area contributed by atoms with Gasteiger partial charge in [0.1, 0.15) is 36.3 Å². The summed E-state index contributed by atoms with van der Waals surface area (Å²) in [5.74, 6) is 0.779. The second kappa shape index (κ2) is 16.7. The fraction of sp³-hybridized carbons (Fsp3) is 0.279. The van der Waals surface area contributed by atoms with Crippen molar-refractivity contribution in [2.24, 2.45) is 0 Å². The summed E-state index contributed by atoms with van der Waals surface area (Å²) >= 11 is 8.41. The van der Waals surface area contributed by atoms with Crippen LogP contribution in [0.15, 0.2) is 138 Å². The van der Waals surface area contributed by atoms with Crippen LogP contribution in [0.1, 0.15) is 52.8 Å². The molecule has 0 spiro atoms. The van der Waals surface area contributed by atoms with Crippen LogP contribution in [-0.2, 0) is 45.2 Å². The van der Waals surface area contributed by atoms with Crippen molar-refractivity contribution in [2.45, 2.75) is 76.2 Å². The molecule has 1 saturated heterocycles. The molecule has 6 aromatic rings. The van der Waals surface area contributed by atoms with Crippen LogP contribution in [0.25, 0.3) is 10.6 Å². The van der Waals surface area contributed by atoms with Gasteiger partial charge in [0.2, 0.25) is 0 Å². The first-order valence-electron chi connectivity index (χ1n) is 17.4. The molecular weight excluding hydrogens is 694 g/mol. The minimum atomic E-state index is -1.29. The molecule has 0 amide bonds. The van der Waals surface area contributed by atoms with Crippen LogP contribution in [0.4, 0.5) is 0 Å². The van der Waals surface area contributed by atoms with Gasteiger partial charge in [0.15, 0.2) is 0 Å². The maximum atomic E-state index is 11.7. The van der Waals surface area contributed by atoms with E-state index >= 15 is 0 Å². The van der Waals surface area contributed by atoms with E-state index in [1.165, 1.54) is 0 Å². The summed E-state index contributed by atoms with van der Waals surface area (Å²) in [5, 5.41) is 13.2. The maximum Gasteiger partial charge on any atom is 0.145 e. The van der Waals surface area contributed by atoms with E-state index in [-0.39, 0.29) is 0 Å². The summed E-state index contributed by atoms with van der Waals surface area (Å²) in [6.07, 6.45) is 0.668. The van der Waals surface area contributed by atoms with E-state index in [9.17, 15) is 5.11 Å². The molecule has 5 atom stereocenters. The average molecular weight is 736 g/mol. The molecule has 3 heterocycles. The van der Waals surface area contributed by atoms with Crippen molar-refractivity contribution < 1.29 is 28.5 Å². The third-order valence-corrected chi connectivity index (χ3v) is 10.5. The number of ether oxygens (including phenoxy) is 4. The van der Waals surface area contributed by atoms with Crippen LogP contribution in [-0.4, -0.2) is 40.1 Å². The van der Waals surface area contributed by atoms with Gasteiger partial charge in [-0.3, -0.25) is 0 Å². The van der Waals surface area contributed by atoms with Crippen LogP contribution in [0.2, 0.25) is 5.02 Å². The molecule has 1 fully saturated rings. The second-order valence-corrected chi connectivity index (χ2v) is 15.1. The third-order valence-electron chi connectivity index (χ3n) is 9.15. The summed E-state index contributed by atoms with van der Waals surface area (Å²) in [6, 6.07) is 39.8. The lowest BCUT2D eigenvalue weighted by Crippen LogP contribution is -2.62. The lowest BCUT2D eigenvalue weighted by atomic mass is 9.84. The zero-order valence-electron chi connectivity index (χ0n) is 29.1. The highest BCUT2D eigenvalue weighted by atomic mass is 35.5. The van der Waals surface area contributed by atoms with Crippen molar-refractivity contribution in [1.29, 1.82) is 0 Å². The molecule has 0 saturated carbocycles. The number of thiazole rings is 1. The van der Waals surface area contributed by atoms with Crippen molar-refractivity contribution in [3.05, 3.63) is 172 Å². The number of nitrogens with zero attached hydrogens (tertiary/aromatic N) is 1. The molecule has 268 valence electrons. The Kier molecular flexibility index (Phi) is 11.6. The number of hydrogen-bond donors (Lipinski definition) is 1. The van der Waals surface area contributed by atoms with Gasteiger partial charge in [-0.15, -0.1) is 11.3 Å². The number of hydrogen-bond acceptors (Lipinski definition) is 8. The molecule has 0 unspecified atom stereocenters. The summed E-state index contributed by atoms with van der Waals surface area (Å²) in [5.41, 5.74) is 3.49. The SMILES string of the molecule is CC(C)(O)[C@H]1O[C@@H](c2ccc(Cl)c(Cc3ncc(-c4ccco4)s3)c2)[C@H](OCc2ccccc2)[C@H](OCc2ccccc2)[C@H]1OCc1ccccc1. The van der Waals surface area contributed by atoms with Crippen LogP contribution in [0, 0.1) is 0 Å². The second-order valence-electron chi connectivity index (χ2n) is 13.5. The number of aliphatic hydroxyl groups is 1. The molecule has 1 aliphatic rings. The van der Waals surface area contributed by atoms with Gasteiger partial charge in [0.25, 0.3) is 0 Å². The largest absolute Gasteiger partial charge is 0.463 e. The fourth-order valence-corrected chi connectivity index (χ4v) is 7.62. The highest BCUT2D eigenvalue weighted by Crippen LogP contribution is 2.42. The van der Waals surface area contributed by atoms with Crippen LogP contribution < -0.4 is 0 Å². The van der Waals surface area contributed by atoms with E-state index in [1.54, 1.807) is 31.4 Å². The van der Waals surface area contributed by atoms with Crippen molar-refractivity contribution in [3.8, 4) is 10.6 Å². The molecule has 7 rings (SSSR count). The molecule has 0 aliphatic carbocycles. The minimum Gasteiger partial charge on any atom is -0.463 e. The lowest BCUT2D eigenvalue weighted by molar-refractivity contribution is -0.294. The molecule has 9 heteroatoms. The van der Waals surface area contributed by atoms with Crippen LogP contribution in [0.5, 0.6) is 0 Å². The Bertz CT molecular complexity index is 1980. The van der Waals surface area contributed by atoms with Gasteiger partial charge in [0, 0.05) is 17.6 Å². The molecule has 1 aliphatic heterocycles. The molecule has 0 bridgehead atoms. The Morgan fingerprint density at radius 3 is 1.87 bits per heavy atom. The number of aromatic nitrogens is 1. The first-order valence-corrected chi connectivity index (χ1v) is 18.6. The van der Waals surface area contributed by atoms with E-state index in [0.29, 0.717) is 31.3 Å². The summed E-state index contributed by atoms with van der Waals surface area (Å²) in [4.78, 5) is 5.62. The predicted octanol–water partition coefficient (Wildman–Crippen LogP) is 9.61. The number of furan rings is 1. The zero-order chi connectivity index (χ0) is 35.9. The van der Waals surface area contributed by atoms with Crippen molar-refractivity contribution in [3.63, 3.8) is 0 Å². The molecule has 7 nitrogen and oxygen atoms in total. The normalized spacial score (nSPS) is 20.6. The van der Waals surface area contributed by atoms with Crippen molar-refractivity contribution >= 4 is 22.9 Å². The van der Waals surface area contributed by atoms with Crippen LogP contribution in [0.3, 0.4) is 0 Å². The van der Waals surface area contributed by atoms with Gasteiger partial charge in [-0.2, -0.15) is 0 Å². The van der Waals surface area contributed by atoms with Gasteiger partial charge in [-0.1, -0.05) is 115 Å². The van der Waals surface area contributed by atoms with Gasteiger partial charge in [0.05, 0.1) is 41.6 Å². The Morgan fingerprint density at radius 1 is 0.731 bits per heavy atom. The molecule has 4 aromatic carbocycles. The Hall–Kier alpha value is -4.12. The zero-order valence-corrected chi connectivity index (χ0v) is 30.7. The first kappa shape index (κ1) is 36.2. The van der Waals surface area contributed by atoms with Crippen molar-refractivity contribution in [2.75, 3.05) is 0 Å². The van der Waals surface area contributed by atoms with Crippen LogP contribution >= 0.6 is 22.9 Å². The summed E-state index contributed by atoms with van der Waals surface area (Å²) < 4.78 is 33.0. The topological polar surface area (TPSA) is 83.2 Å². The maximum absolute atomic E-state index is 11.7. The van der Waals surface area contributed by atoms with E-state index < -0.39 is 36.1 Å². The minimum absolute atomic E-state index is 0.307. The van der Waals surface area contributed by atoms with Gasteiger partial charge in [-0.25, -0.2) is 4.98 Å². The Morgan fingerprint density at radius 2 is 1.31 bits per heavy atom. The number of benzene rings is 4. The summed E-state index contributed by atoms with van der Waals surface area (Å²) in [6.45, 7) is 4.45. The monoisotopic (exact) mass is 735 g/mol. The average Bonchev–Trinajstić information content (AvgIpc) is 3.87. The summed E-state index contributed by atoms with van der Waals surface area (Å²) in [7, 11) is 0. The van der Waals surface area contributed by atoms with E-state index in [1.807, 2.05) is 121 Å². The third kappa shape index (κ3) is 8.90. The Balaban J connectivity index is 1.26. The number of rotatable bonds is 14. The van der Waals surface area contributed by atoms with Crippen molar-refractivity contribution in [1.82, 2.24) is 4.98 Å². The first-order chi connectivity index (χ1) is 25.3. The van der Waals surface area contributed by atoms with E-state index in [2.05, 4.69) is 11.1 Å². The molecule has 0 radical (unpaired) electrons. The molecule has 52 heavy (non-hydrogen) atoms. The quantitative estimate of drug-likeness (QED) is 0.119. The number of halogens is 1. The highest BCUT2D eigenvalue weighted by Gasteiger charge is 2.53. The van der Waals surface area contributed by atoms with Gasteiger partial charge >= 0.3 is 0 Å². The molecule has 1 N–H and O–H groups in total. The van der Waals surface area contributed by atoms with Gasteiger partial charge in [-0.05, 0) is 59.9 Å². The Labute approximate surface area is 313 Å². The predicted molar refractivity (Wildman–Crippen MR) is 203 cm³/mol. The smallest absolute Gasteiger partial charge is 0.145 e.